The topological polar surface area (TPSA) is 109 Å². The molecule has 2 aromatic rings. The van der Waals surface area contributed by atoms with E-state index in [0.717, 1.165) is 16.8 Å². The van der Waals surface area contributed by atoms with Crippen molar-refractivity contribution in [2.24, 2.45) is 0 Å². The third-order valence-corrected chi connectivity index (χ3v) is 3.78. The number of ether oxygens (including phenoxy) is 1. The van der Waals surface area contributed by atoms with Crippen molar-refractivity contribution in [1.29, 1.82) is 0 Å². The Kier molecular flexibility index (Phi) is 7.38. The van der Waals surface area contributed by atoms with E-state index in [1.165, 1.54) is 0 Å². The SMILES string of the molecule is COc1ccc(NCC(=O)NNC(=O)CNC(=O)c2cc(C)cc(C)c2)cc1. The molecule has 0 fully saturated rings. The minimum Gasteiger partial charge on any atom is -0.497 e. The lowest BCUT2D eigenvalue weighted by Crippen LogP contribution is -2.48. The zero-order valence-electron chi connectivity index (χ0n) is 16.1. The van der Waals surface area contributed by atoms with Gasteiger partial charge in [-0.25, -0.2) is 0 Å². The number of carbonyl (C=O) groups excluding carboxylic acids is 3. The highest BCUT2D eigenvalue weighted by Crippen LogP contribution is 2.14. The maximum atomic E-state index is 12.1. The van der Waals surface area contributed by atoms with Crippen LogP contribution in [-0.2, 0) is 9.59 Å². The number of amides is 3. The number of aryl methyl sites for hydroxylation is 2. The lowest BCUT2D eigenvalue weighted by Gasteiger charge is -2.10. The molecule has 8 heteroatoms. The molecule has 4 N–H and O–H groups in total. The average molecular weight is 384 g/mol. The number of hydrogen-bond donors (Lipinski definition) is 4. The molecule has 8 nitrogen and oxygen atoms in total. The Morgan fingerprint density at radius 1 is 0.857 bits per heavy atom. The number of anilines is 1. The van der Waals surface area contributed by atoms with E-state index in [9.17, 15) is 14.4 Å². The Hall–Kier alpha value is -3.55. The van der Waals surface area contributed by atoms with Gasteiger partial charge in [0.2, 0.25) is 0 Å². The van der Waals surface area contributed by atoms with Crippen LogP contribution in [-0.4, -0.2) is 37.9 Å². The Labute approximate surface area is 163 Å². The lowest BCUT2D eigenvalue weighted by molar-refractivity contribution is -0.127. The Balaban J connectivity index is 1.69. The van der Waals surface area contributed by atoms with Crippen molar-refractivity contribution < 1.29 is 19.1 Å². The number of methoxy groups -OCH3 is 1. The van der Waals surface area contributed by atoms with E-state index < -0.39 is 11.8 Å². The number of nitrogens with one attached hydrogen (secondary N) is 4. The highest BCUT2D eigenvalue weighted by molar-refractivity contribution is 5.97. The van der Waals surface area contributed by atoms with Crippen LogP contribution in [0.2, 0.25) is 0 Å². The summed E-state index contributed by atoms with van der Waals surface area (Å²) in [6.07, 6.45) is 0. The van der Waals surface area contributed by atoms with Crippen LogP contribution in [0, 0.1) is 13.8 Å². The molecular weight excluding hydrogens is 360 g/mol. The molecule has 0 bridgehead atoms. The van der Waals surface area contributed by atoms with Crippen LogP contribution in [0.15, 0.2) is 42.5 Å². The van der Waals surface area contributed by atoms with Crippen LogP contribution in [0.4, 0.5) is 5.69 Å². The van der Waals surface area contributed by atoms with Gasteiger partial charge in [-0.3, -0.25) is 25.2 Å². The van der Waals surface area contributed by atoms with Crippen molar-refractivity contribution in [3.05, 3.63) is 59.2 Å². The quantitative estimate of drug-likeness (QED) is 0.538. The van der Waals surface area contributed by atoms with Crippen molar-refractivity contribution in [1.82, 2.24) is 16.2 Å². The van der Waals surface area contributed by atoms with Gasteiger partial charge >= 0.3 is 0 Å². The maximum Gasteiger partial charge on any atom is 0.257 e. The molecule has 0 aliphatic carbocycles. The van der Waals surface area contributed by atoms with Crippen molar-refractivity contribution in [2.45, 2.75) is 13.8 Å². The monoisotopic (exact) mass is 384 g/mol. The normalized spacial score (nSPS) is 9.96. The Morgan fingerprint density at radius 2 is 1.43 bits per heavy atom. The minimum absolute atomic E-state index is 0.0263. The van der Waals surface area contributed by atoms with Crippen molar-refractivity contribution >= 4 is 23.4 Å². The van der Waals surface area contributed by atoms with Crippen LogP contribution in [0.25, 0.3) is 0 Å². The van der Waals surface area contributed by atoms with E-state index in [4.69, 9.17) is 4.74 Å². The van der Waals surface area contributed by atoms with E-state index in [2.05, 4.69) is 21.5 Å². The standard InChI is InChI=1S/C20H24N4O4/c1-13-8-14(2)10-15(9-13)20(27)22-12-19(26)24-23-18(25)11-21-16-4-6-17(28-3)7-5-16/h4-10,21H,11-12H2,1-3H3,(H,22,27)(H,23,25)(H,24,26). The van der Waals surface area contributed by atoms with Crippen LogP contribution in [0.3, 0.4) is 0 Å². The summed E-state index contributed by atoms with van der Waals surface area (Å²) in [5.74, 6) is -0.597. The number of hydrazine groups is 1. The first-order valence-corrected chi connectivity index (χ1v) is 8.69. The lowest BCUT2D eigenvalue weighted by atomic mass is 10.1. The smallest absolute Gasteiger partial charge is 0.257 e. The Morgan fingerprint density at radius 3 is 2.00 bits per heavy atom. The number of benzene rings is 2. The molecule has 0 saturated heterocycles. The fourth-order valence-electron chi connectivity index (χ4n) is 2.49. The van der Waals surface area contributed by atoms with Gasteiger partial charge in [0.05, 0.1) is 20.2 Å². The van der Waals surface area contributed by atoms with Crippen LogP contribution >= 0.6 is 0 Å². The van der Waals surface area contributed by atoms with Crippen molar-refractivity contribution in [3.63, 3.8) is 0 Å². The van der Waals surface area contributed by atoms with Crippen LogP contribution in [0.5, 0.6) is 5.75 Å². The summed E-state index contributed by atoms with van der Waals surface area (Å²) in [7, 11) is 1.57. The largest absolute Gasteiger partial charge is 0.497 e. The van der Waals surface area contributed by atoms with Gasteiger partial charge in [-0.2, -0.15) is 0 Å². The highest BCUT2D eigenvalue weighted by Gasteiger charge is 2.10. The maximum absolute atomic E-state index is 12.1. The molecule has 2 aromatic carbocycles. The molecule has 0 saturated carbocycles. The second kappa shape index (κ2) is 9.96. The first-order chi connectivity index (χ1) is 13.4. The molecule has 148 valence electrons. The second-order valence-corrected chi connectivity index (χ2v) is 6.24. The van der Waals surface area contributed by atoms with Gasteiger partial charge in [0.25, 0.3) is 17.7 Å². The molecule has 3 amide bonds. The molecule has 0 heterocycles. The summed E-state index contributed by atoms with van der Waals surface area (Å²) in [6.45, 7) is 3.51. The van der Waals surface area contributed by atoms with Gasteiger partial charge in [0.1, 0.15) is 5.75 Å². The summed E-state index contributed by atoms with van der Waals surface area (Å²) >= 11 is 0. The molecule has 0 spiro atoms. The van der Waals surface area contributed by atoms with Crippen LogP contribution in [0.1, 0.15) is 21.5 Å². The first kappa shape index (κ1) is 20.8. The summed E-state index contributed by atoms with van der Waals surface area (Å²) in [6, 6.07) is 12.5. The number of hydrogen-bond acceptors (Lipinski definition) is 5. The van der Waals surface area contributed by atoms with Gasteiger partial charge < -0.3 is 15.4 Å². The van der Waals surface area contributed by atoms with Gasteiger partial charge in [-0.05, 0) is 50.2 Å². The first-order valence-electron chi connectivity index (χ1n) is 8.69. The molecule has 0 radical (unpaired) electrons. The van der Waals surface area contributed by atoms with Gasteiger partial charge in [-0.15, -0.1) is 0 Å². The fourth-order valence-corrected chi connectivity index (χ4v) is 2.49. The molecule has 0 aliphatic rings. The van der Waals surface area contributed by atoms with E-state index >= 15 is 0 Å². The molecule has 0 unspecified atom stereocenters. The fraction of sp³-hybridized carbons (Fsp3) is 0.250. The second-order valence-electron chi connectivity index (χ2n) is 6.24. The molecular formula is C20H24N4O4. The minimum atomic E-state index is -0.532. The summed E-state index contributed by atoms with van der Waals surface area (Å²) in [5.41, 5.74) is 7.68. The van der Waals surface area contributed by atoms with Crippen molar-refractivity contribution in [2.75, 3.05) is 25.5 Å². The van der Waals surface area contributed by atoms with Gasteiger partial charge in [0.15, 0.2) is 0 Å². The van der Waals surface area contributed by atoms with Gasteiger partial charge in [0, 0.05) is 11.3 Å². The molecule has 0 aliphatic heterocycles. The van der Waals surface area contributed by atoms with E-state index in [-0.39, 0.29) is 19.0 Å². The number of carbonyl (C=O) groups is 3. The average Bonchev–Trinajstić information content (AvgIpc) is 2.68. The summed E-state index contributed by atoms with van der Waals surface area (Å²) < 4.78 is 5.05. The molecule has 2 rings (SSSR count). The molecule has 28 heavy (non-hydrogen) atoms. The third kappa shape index (κ3) is 6.64. The zero-order valence-corrected chi connectivity index (χ0v) is 16.1. The molecule has 0 aromatic heterocycles. The predicted octanol–water partition coefficient (Wildman–Crippen LogP) is 1.30. The van der Waals surface area contributed by atoms with Crippen LogP contribution < -0.4 is 26.2 Å². The Bertz CT molecular complexity index is 830. The van der Waals surface area contributed by atoms with E-state index in [1.54, 1.807) is 43.5 Å². The van der Waals surface area contributed by atoms with E-state index in [0.29, 0.717) is 11.3 Å². The zero-order chi connectivity index (χ0) is 20.5. The predicted molar refractivity (Wildman–Crippen MR) is 106 cm³/mol. The summed E-state index contributed by atoms with van der Waals surface area (Å²) in [5, 5.41) is 5.43. The van der Waals surface area contributed by atoms with Gasteiger partial charge in [-0.1, -0.05) is 17.2 Å². The number of rotatable bonds is 7. The highest BCUT2D eigenvalue weighted by atomic mass is 16.5. The third-order valence-electron chi connectivity index (χ3n) is 3.78. The molecule has 0 atom stereocenters. The summed E-state index contributed by atoms with van der Waals surface area (Å²) in [4.78, 5) is 35.7. The van der Waals surface area contributed by atoms with E-state index in [1.807, 2.05) is 19.9 Å². The van der Waals surface area contributed by atoms with Crippen molar-refractivity contribution in [3.8, 4) is 5.75 Å².